The third kappa shape index (κ3) is 5.32. The Kier molecular flexibility index (Phi) is 7.84. The molecule has 1 aromatic carbocycles. The number of carbonyl (C=O) groups excluding carboxylic acids is 1. The SMILES string of the molecule is CCOC(=O)/C=C\[C@@H](NS(=O)(=O)c1c(C)cc(OC)c(C)c1C)C(C)C. The highest BCUT2D eigenvalue weighted by atomic mass is 32.2. The van der Waals surface area contributed by atoms with Crippen LogP contribution >= 0.6 is 0 Å². The molecule has 0 bridgehead atoms. The summed E-state index contributed by atoms with van der Waals surface area (Å²) in [5.74, 6) is 0.113. The molecule has 0 spiro atoms. The van der Waals surface area contributed by atoms with Gasteiger partial charge >= 0.3 is 5.97 Å². The quantitative estimate of drug-likeness (QED) is 0.551. The minimum absolute atomic E-state index is 0.0459. The van der Waals surface area contributed by atoms with Crippen molar-refractivity contribution in [2.24, 2.45) is 5.92 Å². The van der Waals surface area contributed by atoms with Crippen molar-refractivity contribution in [1.29, 1.82) is 0 Å². The van der Waals surface area contributed by atoms with Gasteiger partial charge < -0.3 is 9.47 Å². The molecule has 1 N–H and O–H groups in total. The van der Waals surface area contributed by atoms with E-state index in [-0.39, 0.29) is 17.4 Å². The molecule has 0 heterocycles. The Morgan fingerprint density at radius 2 is 1.85 bits per heavy atom. The Bertz CT molecular complexity index is 782. The molecule has 0 unspecified atom stereocenters. The van der Waals surface area contributed by atoms with Crippen LogP contribution in [0.25, 0.3) is 0 Å². The number of hydrogen-bond acceptors (Lipinski definition) is 5. The molecule has 1 rings (SSSR count). The monoisotopic (exact) mass is 383 g/mol. The maximum atomic E-state index is 13.0. The number of sulfonamides is 1. The summed E-state index contributed by atoms with van der Waals surface area (Å²) in [6.45, 7) is 11.1. The fraction of sp³-hybridized carbons (Fsp3) is 0.526. The summed E-state index contributed by atoms with van der Waals surface area (Å²) < 4.78 is 38.9. The second-order valence-electron chi connectivity index (χ2n) is 6.48. The summed E-state index contributed by atoms with van der Waals surface area (Å²) in [4.78, 5) is 11.8. The predicted molar refractivity (Wildman–Crippen MR) is 102 cm³/mol. The lowest BCUT2D eigenvalue weighted by Gasteiger charge is -2.22. The molecule has 26 heavy (non-hydrogen) atoms. The van der Waals surface area contributed by atoms with Crippen molar-refractivity contribution in [3.63, 3.8) is 0 Å². The third-order valence-electron chi connectivity index (χ3n) is 4.20. The second kappa shape index (κ2) is 9.19. The standard InChI is InChI=1S/C19H29NO5S/c1-8-25-18(21)10-9-16(12(2)3)20-26(22,23)19-13(4)11-17(24-7)14(5)15(19)6/h9-12,16,20H,8H2,1-7H3/b10-9-/t16-/m1/s1. The summed E-state index contributed by atoms with van der Waals surface area (Å²) in [6, 6.07) is 1.18. The number of nitrogens with one attached hydrogen (secondary N) is 1. The summed E-state index contributed by atoms with van der Waals surface area (Å²) in [5, 5.41) is 0. The molecule has 0 saturated carbocycles. The van der Waals surface area contributed by atoms with Crippen molar-refractivity contribution in [2.45, 2.75) is 52.5 Å². The van der Waals surface area contributed by atoms with Gasteiger partial charge in [0.25, 0.3) is 0 Å². The first kappa shape index (κ1) is 22.2. The van der Waals surface area contributed by atoms with Gasteiger partial charge in [0.2, 0.25) is 10.0 Å². The van der Waals surface area contributed by atoms with Gasteiger partial charge in [-0.05, 0) is 56.4 Å². The van der Waals surface area contributed by atoms with Crippen LogP contribution < -0.4 is 9.46 Å². The number of benzene rings is 1. The predicted octanol–water partition coefficient (Wildman–Crippen LogP) is 3.04. The van der Waals surface area contributed by atoms with Gasteiger partial charge in [-0.25, -0.2) is 17.9 Å². The summed E-state index contributed by atoms with van der Waals surface area (Å²) in [7, 11) is -2.22. The van der Waals surface area contributed by atoms with Crippen LogP contribution in [0.4, 0.5) is 0 Å². The van der Waals surface area contributed by atoms with E-state index in [0.29, 0.717) is 16.9 Å². The average molecular weight is 384 g/mol. The zero-order chi connectivity index (χ0) is 20.1. The number of rotatable bonds is 8. The van der Waals surface area contributed by atoms with Gasteiger partial charge in [-0.3, -0.25) is 0 Å². The third-order valence-corrected chi connectivity index (χ3v) is 5.95. The molecule has 0 aliphatic carbocycles. The highest BCUT2D eigenvalue weighted by Crippen LogP contribution is 2.30. The van der Waals surface area contributed by atoms with Crippen LogP contribution in [0.2, 0.25) is 0 Å². The zero-order valence-corrected chi connectivity index (χ0v) is 17.4. The number of carbonyl (C=O) groups is 1. The minimum Gasteiger partial charge on any atom is -0.496 e. The molecule has 6 nitrogen and oxygen atoms in total. The van der Waals surface area contributed by atoms with Gasteiger partial charge in [0, 0.05) is 12.1 Å². The van der Waals surface area contributed by atoms with Crippen LogP contribution in [-0.2, 0) is 19.6 Å². The summed E-state index contributed by atoms with van der Waals surface area (Å²) >= 11 is 0. The van der Waals surface area contributed by atoms with Crippen LogP contribution in [0.15, 0.2) is 23.1 Å². The van der Waals surface area contributed by atoms with E-state index < -0.39 is 22.0 Å². The Hall–Kier alpha value is -1.86. The fourth-order valence-corrected chi connectivity index (χ4v) is 4.52. The molecule has 0 aliphatic heterocycles. The number of methoxy groups -OCH3 is 1. The zero-order valence-electron chi connectivity index (χ0n) is 16.5. The molecule has 1 atom stereocenters. The highest BCUT2D eigenvalue weighted by Gasteiger charge is 2.26. The van der Waals surface area contributed by atoms with Gasteiger partial charge in [-0.2, -0.15) is 0 Å². The number of aryl methyl sites for hydroxylation is 1. The van der Waals surface area contributed by atoms with E-state index in [1.165, 1.54) is 12.2 Å². The van der Waals surface area contributed by atoms with Crippen molar-refractivity contribution >= 4 is 16.0 Å². The lowest BCUT2D eigenvalue weighted by Crippen LogP contribution is -2.38. The van der Waals surface area contributed by atoms with Crippen LogP contribution in [0.1, 0.15) is 37.5 Å². The Balaban J connectivity index is 3.25. The molecular weight excluding hydrogens is 354 g/mol. The van der Waals surface area contributed by atoms with E-state index in [0.717, 1.165) is 5.56 Å². The van der Waals surface area contributed by atoms with Gasteiger partial charge in [0.05, 0.1) is 18.6 Å². The summed E-state index contributed by atoms with van der Waals surface area (Å²) in [6.07, 6.45) is 2.79. The van der Waals surface area contributed by atoms with Gasteiger partial charge in [0.1, 0.15) is 5.75 Å². The van der Waals surface area contributed by atoms with Crippen molar-refractivity contribution < 1.29 is 22.7 Å². The van der Waals surface area contributed by atoms with E-state index in [1.807, 2.05) is 20.8 Å². The first-order valence-electron chi connectivity index (χ1n) is 8.57. The van der Waals surface area contributed by atoms with E-state index in [4.69, 9.17) is 9.47 Å². The first-order valence-corrected chi connectivity index (χ1v) is 10.1. The molecule has 0 radical (unpaired) electrons. The fourth-order valence-electron chi connectivity index (χ4n) is 2.66. The summed E-state index contributed by atoms with van der Waals surface area (Å²) in [5.41, 5.74) is 2.03. The minimum atomic E-state index is -3.78. The molecule has 0 saturated heterocycles. The maximum absolute atomic E-state index is 13.0. The lowest BCUT2D eigenvalue weighted by atomic mass is 10.1. The van der Waals surface area contributed by atoms with Crippen LogP contribution in [-0.4, -0.2) is 34.1 Å². The topological polar surface area (TPSA) is 81.7 Å². The second-order valence-corrected chi connectivity index (χ2v) is 8.13. The first-order chi connectivity index (χ1) is 12.0. The van der Waals surface area contributed by atoms with Crippen LogP contribution in [0.5, 0.6) is 5.75 Å². The van der Waals surface area contributed by atoms with E-state index in [1.54, 1.807) is 33.9 Å². The smallest absolute Gasteiger partial charge is 0.330 e. The molecule has 0 amide bonds. The number of ether oxygens (including phenoxy) is 2. The van der Waals surface area contributed by atoms with Gasteiger partial charge in [-0.15, -0.1) is 0 Å². The highest BCUT2D eigenvalue weighted by molar-refractivity contribution is 7.89. The van der Waals surface area contributed by atoms with Crippen molar-refractivity contribution in [3.8, 4) is 5.75 Å². The largest absolute Gasteiger partial charge is 0.496 e. The van der Waals surface area contributed by atoms with Gasteiger partial charge in [-0.1, -0.05) is 19.9 Å². The molecule has 146 valence electrons. The lowest BCUT2D eigenvalue weighted by molar-refractivity contribution is -0.137. The van der Waals surface area contributed by atoms with Crippen molar-refractivity contribution in [3.05, 3.63) is 34.9 Å². The Labute approximate surface area is 156 Å². The molecule has 7 heteroatoms. The van der Waals surface area contributed by atoms with E-state index >= 15 is 0 Å². The normalized spacial score (nSPS) is 13.2. The Morgan fingerprint density at radius 1 is 1.23 bits per heavy atom. The molecule has 0 aliphatic rings. The molecule has 0 aromatic heterocycles. The Morgan fingerprint density at radius 3 is 2.35 bits per heavy atom. The van der Waals surface area contributed by atoms with E-state index in [2.05, 4.69) is 4.72 Å². The van der Waals surface area contributed by atoms with E-state index in [9.17, 15) is 13.2 Å². The van der Waals surface area contributed by atoms with Crippen molar-refractivity contribution in [2.75, 3.05) is 13.7 Å². The van der Waals surface area contributed by atoms with Crippen molar-refractivity contribution in [1.82, 2.24) is 4.72 Å². The molecule has 1 aromatic rings. The number of hydrogen-bond donors (Lipinski definition) is 1. The van der Waals surface area contributed by atoms with Crippen LogP contribution in [0, 0.1) is 26.7 Å². The van der Waals surface area contributed by atoms with Gasteiger partial charge in [0.15, 0.2) is 0 Å². The molecular formula is C19H29NO5S. The average Bonchev–Trinajstić information content (AvgIpc) is 2.54. The van der Waals surface area contributed by atoms with Crippen LogP contribution in [0.3, 0.4) is 0 Å². The molecule has 0 fully saturated rings. The maximum Gasteiger partial charge on any atom is 0.330 e. The number of esters is 1.